The van der Waals surface area contributed by atoms with Crippen LogP contribution in [0.3, 0.4) is 0 Å². The van der Waals surface area contributed by atoms with Crippen molar-refractivity contribution in [3.05, 3.63) is 65.2 Å². The van der Waals surface area contributed by atoms with E-state index in [1.54, 1.807) is 6.92 Å². The van der Waals surface area contributed by atoms with Crippen molar-refractivity contribution < 1.29 is 22.7 Å². The number of carbonyl (C=O) groups excluding carboxylic acids is 2. The minimum absolute atomic E-state index is 0.101. The maximum absolute atomic E-state index is 13.3. The van der Waals surface area contributed by atoms with Crippen LogP contribution in [0, 0.1) is 0 Å². The van der Waals surface area contributed by atoms with Crippen LogP contribution in [-0.2, 0) is 26.0 Å². The lowest BCUT2D eigenvalue weighted by molar-refractivity contribution is -0.118. The number of nitrogens with zero attached hydrogens (tertiary/aromatic N) is 1. The SMILES string of the molecule is CCCc1ccc(C(C)N(CC(N)=O)S(=O)(=O)c2cccc(C(=O)OC)c2)cc1. The Morgan fingerprint density at radius 3 is 2.34 bits per heavy atom. The molecule has 2 rings (SSSR count). The summed E-state index contributed by atoms with van der Waals surface area (Å²) in [6, 6.07) is 12.5. The lowest BCUT2D eigenvalue weighted by atomic mass is 10.0. The first-order valence-electron chi connectivity index (χ1n) is 9.28. The van der Waals surface area contributed by atoms with Crippen LogP contribution in [0.5, 0.6) is 0 Å². The first-order chi connectivity index (χ1) is 13.7. The van der Waals surface area contributed by atoms with Gasteiger partial charge in [0.2, 0.25) is 15.9 Å². The molecule has 0 saturated carbocycles. The average Bonchev–Trinajstić information content (AvgIpc) is 2.71. The highest BCUT2D eigenvalue weighted by Crippen LogP contribution is 2.28. The van der Waals surface area contributed by atoms with Crippen molar-refractivity contribution in [2.24, 2.45) is 5.73 Å². The minimum atomic E-state index is -4.10. The zero-order chi connectivity index (χ0) is 21.6. The van der Waals surface area contributed by atoms with Crippen LogP contribution < -0.4 is 5.73 Å². The van der Waals surface area contributed by atoms with Crippen LogP contribution in [0.1, 0.15) is 47.8 Å². The number of carbonyl (C=O) groups is 2. The summed E-state index contributed by atoms with van der Waals surface area (Å²) < 4.78 is 32.3. The van der Waals surface area contributed by atoms with E-state index in [1.165, 1.54) is 31.4 Å². The molecule has 0 radical (unpaired) electrons. The average molecular weight is 419 g/mol. The fourth-order valence-corrected chi connectivity index (χ4v) is 4.67. The van der Waals surface area contributed by atoms with Crippen molar-refractivity contribution in [1.82, 2.24) is 4.31 Å². The third-order valence-electron chi connectivity index (χ3n) is 4.61. The smallest absolute Gasteiger partial charge is 0.337 e. The number of ether oxygens (including phenoxy) is 1. The summed E-state index contributed by atoms with van der Waals surface area (Å²) in [6.07, 6.45) is 1.94. The third kappa shape index (κ3) is 5.42. The monoisotopic (exact) mass is 418 g/mol. The second-order valence-corrected chi connectivity index (χ2v) is 8.59. The number of amides is 1. The molecule has 0 fully saturated rings. The van der Waals surface area contributed by atoms with Crippen LogP contribution in [0.2, 0.25) is 0 Å². The van der Waals surface area contributed by atoms with E-state index in [9.17, 15) is 18.0 Å². The summed E-state index contributed by atoms with van der Waals surface area (Å²) in [6.45, 7) is 3.29. The molecule has 0 aliphatic rings. The summed E-state index contributed by atoms with van der Waals surface area (Å²) in [5.74, 6) is -1.42. The second-order valence-electron chi connectivity index (χ2n) is 6.70. The first kappa shape index (κ1) is 22.6. The summed E-state index contributed by atoms with van der Waals surface area (Å²) >= 11 is 0. The normalized spacial score (nSPS) is 12.6. The van der Waals surface area contributed by atoms with Gasteiger partial charge in [0.05, 0.1) is 24.1 Å². The third-order valence-corrected chi connectivity index (χ3v) is 6.52. The number of primary amides is 1. The predicted molar refractivity (Wildman–Crippen MR) is 110 cm³/mol. The number of rotatable bonds is 9. The van der Waals surface area contributed by atoms with Gasteiger partial charge < -0.3 is 10.5 Å². The van der Waals surface area contributed by atoms with Gasteiger partial charge in [-0.05, 0) is 42.7 Å². The maximum atomic E-state index is 13.3. The molecule has 0 bridgehead atoms. The molecule has 0 aliphatic carbocycles. The van der Waals surface area contributed by atoms with E-state index >= 15 is 0 Å². The van der Waals surface area contributed by atoms with Crippen molar-refractivity contribution in [3.63, 3.8) is 0 Å². The molecule has 1 amide bonds. The van der Waals surface area contributed by atoms with Crippen LogP contribution in [-0.4, -0.2) is 38.3 Å². The van der Waals surface area contributed by atoms with E-state index in [4.69, 9.17) is 5.73 Å². The topological polar surface area (TPSA) is 107 Å². The first-order valence-corrected chi connectivity index (χ1v) is 10.7. The Kier molecular flexibility index (Phi) is 7.53. The highest BCUT2D eigenvalue weighted by atomic mass is 32.2. The van der Waals surface area contributed by atoms with Gasteiger partial charge in [-0.25, -0.2) is 13.2 Å². The Morgan fingerprint density at radius 1 is 1.14 bits per heavy atom. The second kappa shape index (κ2) is 9.67. The number of nitrogens with two attached hydrogens (primary N) is 1. The van der Waals surface area contributed by atoms with Gasteiger partial charge in [0.1, 0.15) is 0 Å². The van der Waals surface area contributed by atoms with E-state index in [2.05, 4.69) is 11.7 Å². The van der Waals surface area contributed by atoms with Gasteiger partial charge in [-0.15, -0.1) is 0 Å². The van der Waals surface area contributed by atoms with E-state index in [1.807, 2.05) is 24.3 Å². The summed E-state index contributed by atoms with van der Waals surface area (Å²) in [5, 5.41) is 0. The number of benzene rings is 2. The van der Waals surface area contributed by atoms with E-state index in [0.717, 1.165) is 28.3 Å². The summed E-state index contributed by atoms with van der Waals surface area (Å²) in [7, 11) is -2.89. The van der Waals surface area contributed by atoms with Crippen molar-refractivity contribution >= 4 is 21.9 Å². The molecule has 0 aliphatic heterocycles. The molecular formula is C21H26N2O5S. The highest BCUT2D eigenvalue weighted by molar-refractivity contribution is 7.89. The maximum Gasteiger partial charge on any atom is 0.337 e. The van der Waals surface area contributed by atoms with E-state index < -0.39 is 34.5 Å². The van der Waals surface area contributed by atoms with Crippen molar-refractivity contribution in [3.8, 4) is 0 Å². The highest BCUT2D eigenvalue weighted by Gasteiger charge is 2.31. The van der Waals surface area contributed by atoms with Crippen LogP contribution >= 0.6 is 0 Å². The molecule has 2 aromatic rings. The lowest BCUT2D eigenvalue weighted by Crippen LogP contribution is -2.40. The molecule has 0 heterocycles. The number of esters is 1. The molecule has 2 aromatic carbocycles. The number of methoxy groups -OCH3 is 1. The van der Waals surface area contributed by atoms with Crippen molar-refractivity contribution in [2.75, 3.05) is 13.7 Å². The molecule has 0 saturated heterocycles. The minimum Gasteiger partial charge on any atom is -0.465 e. The molecule has 29 heavy (non-hydrogen) atoms. The van der Waals surface area contributed by atoms with Crippen LogP contribution in [0.25, 0.3) is 0 Å². The van der Waals surface area contributed by atoms with Gasteiger partial charge in [0.15, 0.2) is 0 Å². The van der Waals surface area contributed by atoms with Crippen LogP contribution in [0.4, 0.5) is 0 Å². The van der Waals surface area contributed by atoms with Gasteiger partial charge >= 0.3 is 5.97 Å². The number of hydrogen-bond acceptors (Lipinski definition) is 5. The van der Waals surface area contributed by atoms with Gasteiger partial charge in [-0.3, -0.25) is 4.79 Å². The van der Waals surface area contributed by atoms with Crippen LogP contribution in [0.15, 0.2) is 53.4 Å². The van der Waals surface area contributed by atoms with Crippen molar-refractivity contribution in [2.45, 2.75) is 37.6 Å². The Hall–Kier alpha value is -2.71. The quantitative estimate of drug-likeness (QED) is 0.630. The fourth-order valence-electron chi connectivity index (χ4n) is 3.04. The summed E-state index contributed by atoms with van der Waals surface area (Å²) in [5.41, 5.74) is 7.32. The molecule has 8 heteroatoms. The molecule has 0 spiro atoms. The largest absolute Gasteiger partial charge is 0.465 e. The predicted octanol–water partition coefficient (Wildman–Crippen LogP) is 2.66. The Balaban J connectivity index is 2.44. The Morgan fingerprint density at radius 2 is 1.79 bits per heavy atom. The van der Waals surface area contributed by atoms with E-state index in [-0.39, 0.29) is 10.5 Å². The molecule has 1 unspecified atom stereocenters. The molecule has 0 aromatic heterocycles. The Bertz CT molecular complexity index is 971. The summed E-state index contributed by atoms with van der Waals surface area (Å²) in [4.78, 5) is 23.3. The zero-order valence-electron chi connectivity index (χ0n) is 16.8. The van der Waals surface area contributed by atoms with Gasteiger partial charge in [0, 0.05) is 6.04 Å². The number of aryl methyl sites for hydroxylation is 1. The van der Waals surface area contributed by atoms with E-state index in [0.29, 0.717) is 0 Å². The van der Waals surface area contributed by atoms with Gasteiger partial charge in [0.25, 0.3) is 0 Å². The standard InChI is InChI=1S/C21H26N2O5S/c1-4-6-16-9-11-17(12-10-16)15(2)23(14-20(22)24)29(26,27)19-8-5-7-18(13-19)21(25)28-3/h5,7-13,15H,4,6,14H2,1-3H3,(H2,22,24). The Labute approximate surface area is 171 Å². The number of hydrogen-bond donors (Lipinski definition) is 1. The van der Waals surface area contributed by atoms with Crippen molar-refractivity contribution in [1.29, 1.82) is 0 Å². The molecule has 1 atom stereocenters. The molecular weight excluding hydrogens is 392 g/mol. The lowest BCUT2D eigenvalue weighted by Gasteiger charge is -2.28. The van der Waals surface area contributed by atoms with Gasteiger partial charge in [-0.1, -0.05) is 43.7 Å². The number of sulfonamides is 1. The van der Waals surface area contributed by atoms with Gasteiger partial charge in [-0.2, -0.15) is 4.31 Å². The molecule has 2 N–H and O–H groups in total. The molecule has 7 nitrogen and oxygen atoms in total. The zero-order valence-corrected chi connectivity index (χ0v) is 17.6. The fraction of sp³-hybridized carbons (Fsp3) is 0.333. The molecule has 156 valence electrons.